The SMILES string of the molecule is CC(C)=CC(CC(C)CC(C)(C)C)NN. The van der Waals surface area contributed by atoms with Crippen molar-refractivity contribution in [1.82, 2.24) is 5.43 Å². The average Bonchev–Trinajstić information content (AvgIpc) is 1.98. The van der Waals surface area contributed by atoms with Crippen LogP contribution < -0.4 is 11.3 Å². The van der Waals surface area contributed by atoms with Crippen molar-refractivity contribution in [3.05, 3.63) is 11.6 Å². The van der Waals surface area contributed by atoms with Crippen LogP contribution in [-0.4, -0.2) is 6.04 Å². The maximum absolute atomic E-state index is 5.54. The molecule has 0 spiro atoms. The first-order valence-electron chi connectivity index (χ1n) is 5.86. The smallest absolute Gasteiger partial charge is 0.0395 e. The predicted octanol–water partition coefficient (Wildman–Crippen LogP) is 3.25. The number of nitrogens with one attached hydrogen (secondary N) is 1. The van der Waals surface area contributed by atoms with Crippen molar-refractivity contribution >= 4 is 0 Å². The Morgan fingerprint density at radius 3 is 2.20 bits per heavy atom. The van der Waals surface area contributed by atoms with Crippen LogP contribution in [0.1, 0.15) is 54.4 Å². The number of nitrogens with two attached hydrogens (primary N) is 1. The van der Waals surface area contributed by atoms with E-state index in [4.69, 9.17) is 5.84 Å². The van der Waals surface area contributed by atoms with E-state index < -0.39 is 0 Å². The van der Waals surface area contributed by atoms with Gasteiger partial charge in [0.15, 0.2) is 0 Å². The normalized spacial score (nSPS) is 15.9. The molecule has 15 heavy (non-hydrogen) atoms. The molecule has 0 saturated carbocycles. The van der Waals surface area contributed by atoms with Crippen LogP contribution in [0.3, 0.4) is 0 Å². The van der Waals surface area contributed by atoms with Crippen molar-refractivity contribution in [3.63, 3.8) is 0 Å². The standard InChI is InChI=1S/C13H28N2/c1-10(2)7-12(15-14)8-11(3)9-13(4,5)6/h7,11-12,15H,8-9,14H2,1-6H3. The summed E-state index contributed by atoms with van der Waals surface area (Å²) in [5.74, 6) is 6.23. The van der Waals surface area contributed by atoms with Crippen molar-refractivity contribution in [2.75, 3.05) is 0 Å². The lowest BCUT2D eigenvalue weighted by molar-refractivity contribution is 0.285. The highest BCUT2D eigenvalue weighted by Crippen LogP contribution is 2.26. The lowest BCUT2D eigenvalue weighted by Crippen LogP contribution is -2.35. The van der Waals surface area contributed by atoms with Crippen LogP contribution in [0.25, 0.3) is 0 Å². The fourth-order valence-corrected chi connectivity index (χ4v) is 2.15. The molecular formula is C13H28N2. The van der Waals surface area contributed by atoms with E-state index in [0.717, 1.165) is 6.42 Å². The molecule has 2 unspecified atom stereocenters. The zero-order valence-corrected chi connectivity index (χ0v) is 11.2. The van der Waals surface area contributed by atoms with Gasteiger partial charge in [-0.3, -0.25) is 11.3 Å². The Hall–Kier alpha value is -0.340. The first-order chi connectivity index (χ1) is 6.74. The van der Waals surface area contributed by atoms with Gasteiger partial charge in [0.05, 0.1) is 0 Å². The second kappa shape index (κ2) is 6.29. The van der Waals surface area contributed by atoms with Gasteiger partial charge in [0.25, 0.3) is 0 Å². The second-order valence-electron chi connectivity index (χ2n) is 6.12. The summed E-state index contributed by atoms with van der Waals surface area (Å²) in [6, 6.07) is 0.312. The average molecular weight is 212 g/mol. The van der Waals surface area contributed by atoms with Crippen LogP contribution in [-0.2, 0) is 0 Å². The molecule has 0 fully saturated rings. The summed E-state index contributed by atoms with van der Waals surface area (Å²) < 4.78 is 0. The van der Waals surface area contributed by atoms with Crippen LogP contribution in [0.4, 0.5) is 0 Å². The molecule has 0 radical (unpaired) electrons. The molecule has 0 aliphatic carbocycles. The first kappa shape index (κ1) is 14.7. The van der Waals surface area contributed by atoms with E-state index >= 15 is 0 Å². The molecule has 2 atom stereocenters. The molecule has 3 N–H and O–H groups in total. The highest BCUT2D eigenvalue weighted by molar-refractivity contribution is 5.00. The van der Waals surface area contributed by atoms with E-state index in [2.05, 4.69) is 53.0 Å². The Kier molecular flexibility index (Phi) is 6.15. The van der Waals surface area contributed by atoms with Crippen molar-refractivity contribution in [1.29, 1.82) is 0 Å². The minimum Gasteiger partial charge on any atom is -0.271 e. The quantitative estimate of drug-likeness (QED) is 0.417. The van der Waals surface area contributed by atoms with E-state index in [0.29, 0.717) is 17.4 Å². The zero-order valence-electron chi connectivity index (χ0n) is 11.2. The van der Waals surface area contributed by atoms with Gasteiger partial charge in [0, 0.05) is 6.04 Å². The highest BCUT2D eigenvalue weighted by atomic mass is 15.2. The number of hydrogen-bond donors (Lipinski definition) is 2. The van der Waals surface area contributed by atoms with E-state index in [-0.39, 0.29) is 0 Å². The maximum Gasteiger partial charge on any atom is 0.0395 e. The Bertz CT molecular complexity index is 197. The van der Waals surface area contributed by atoms with Gasteiger partial charge in [-0.1, -0.05) is 39.3 Å². The molecule has 0 aliphatic rings. The summed E-state index contributed by atoms with van der Waals surface area (Å²) >= 11 is 0. The summed E-state index contributed by atoms with van der Waals surface area (Å²) in [5, 5.41) is 0. The van der Waals surface area contributed by atoms with Gasteiger partial charge >= 0.3 is 0 Å². The monoisotopic (exact) mass is 212 g/mol. The highest BCUT2D eigenvalue weighted by Gasteiger charge is 2.17. The molecule has 0 rings (SSSR count). The van der Waals surface area contributed by atoms with Crippen LogP contribution >= 0.6 is 0 Å². The molecular weight excluding hydrogens is 184 g/mol. The lowest BCUT2D eigenvalue weighted by atomic mass is 9.83. The predicted molar refractivity (Wildman–Crippen MR) is 68.4 cm³/mol. The molecule has 0 heterocycles. The topological polar surface area (TPSA) is 38.0 Å². The minimum absolute atomic E-state index is 0.312. The molecule has 0 saturated heterocycles. The first-order valence-corrected chi connectivity index (χ1v) is 5.86. The van der Waals surface area contributed by atoms with E-state index in [1.165, 1.54) is 12.0 Å². The summed E-state index contributed by atoms with van der Waals surface area (Å²) in [4.78, 5) is 0. The number of rotatable bonds is 5. The molecule has 2 heteroatoms. The zero-order chi connectivity index (χ0) is 12.1. The van der Waals surface area contributed by atoms with Gasteiger partial charge in [-0.15, -0.1) is 0 Å². The second-order valence-corrected chi connectivity index (χ2v) is 6.12. The molecule has 0 bridgehead atoms. The largest absolute Gasteiger partial charge is 0.271 e. The molecule has 90 valence electrons. The van der Waals surface area contributed by atoms with Gasteiger partial charge < -0.3 is 0 Å². The van der Waals surface area contributed by atoms with Crippen LogP contribution in [0, 0.1) is 11.3 Å². The summed E-state index contributed by atoms with van der Waals surface area (Å²) in [7, 11) is 0. The fraction of sp³-hybridized carbons (Fsp3) is 0.846. The van der Waals surface area contributed by atoms with Crippen LogP contribution in [0.5, 0.6) is 0 Å². The molecule has 0 aromatic rings. The Morgan fingerprint density at radius 2 is 1.87 bits per heavy atom. The summed E-state index contributed by atoms with van der Waals surface area (Å²) in [5.41, 5.74) is 4.60. The van der Waals surface area contributed by atoms with Gasteiger partial charge in [0.1, 0.15) is 0 Å². The molecule has 0 aromatic heterocycles. The van der Waals surface area contributed by atoms with Gasteiger partial charge in [-0.2, -0.15) is 0 Å². The lowest BCUT2D eigenvalue weighted by Gasteiger charge is -2.25. The van der Waals surface area contributed by atoms with Gasteiger partial charge in [0.2, 0.25) is 0 Å². The van der Waals surface area contributed by atoms with Crippen LogP contribution in [0.2, 0.25) is 0 Å². The molecule has 0 aromatic carbocycles. The van der Waals surface area contributed by atoms with Gasteiger partial charge in [-0.25, -0.2) is 0 Å². The van der Waals surface area contributed by atoms with Crippen molar-refractivity contribution < 1.29 is 0 Å². The molecule has 0 aliphatic heterocycles. The Labute approximate surface area is 95.3 Å². The third-order valence-electron chi connectivity index (χ3n) is 2.37. The van der Waals surface area contributed by atoms with E-state index in [1.54, 1.807) is 0 Å². The van der Waals surface area contributed by atoms with E-state index in [1.807, 2.05) is 0 Å². The third kappa shape index (κ3) is 8.64. The Balaban J connectivity index is 4.13. The molecule has 0 amide bonds. The Morgan fingerprint density at radius 1 is 1.33 bits per heavy atom. The molecule has 2 nitrogen and oxygen atoms in total. The van der Waals surface area contributed by atoms with Crippen LogP contribution in [0.15, 0.2) is 11.6 Å². The summed E-state index contributed by atoms with van der Waals surface area (Å²) in [6.45, 7) is 13.4. The van der Waals surface area contributed by atoms with E-state index in [9.17, 15) is 0 Å². The van der Waals surface area contributed by atoms with Crippen molar-refractivity contribution in [2.24, 2.45) is 17.2 Å². The van der Waals surface area contributed by atoms with Crippen molar-refractivity contribution in [3.8, 4) is 0 Å². The van der Waals surface area contributed by atoms with Crippen molar-refractivity contribution in [2.45, 2.75) is 60.4 Å². The minimum atomic E-state index is 0.312. The number of hydrogen-bond acceptors (Lipinski definition) is 2. The number of allylic oxidation sites excluding steroid dienone is 1. The number of hydrazine groups is 1. The van der Waals surface area contributed by atoms with Gasteiger partial charge in [-0.05, 0) is 38.0 Å². The maximum atomic E-state index is 5.54. The third-order valence-corrected chi connectivity index (χ3v) is 2.37. The summed E-state index contributed by atoms with van der Waals surface area (Å²) in [6.07, 6.45) is 4.56. The fourth-order valence-electron chi connectivity index (χ4n) is 2.15.